The van der Waals surface area contributed by atoms with Gasteiger partial charge < -0.3 is 19.9 Å². The van der Waals surface area contributed by atoms with Gasteiger partial charge in [0, 0.05) is 23.2 Å². The van der Waals surface area contributed by atoms with Gasteiger partial charge in [-0.2, -0.15) is 9.78 Å². The third-order valence-electron chi connectivity index (χ3n) is 4.76. The molecule has 30 heavy (non-hydrogen) atoms. The van der Waals surface area contributed by atoms with Crippen molar-refractivity contribution >= 4 is 17.4 Å². The maximum Gasteiger partial charge on any atom is 0.378 e. The highest BCUT2D eigenvalue weighted by Crippen LogP contribution is 2.34. The van der Waals surface area contributed by atoms with E-state index >= 15 is 0 Å². The van der Waals surface area contributed by atoms with Gasteiger partial charge in [-0.15, -0.1) is 10.2 Å². The summed E-state index contributed by atoms with van der Waals surface area (Å²) in [4.78, 5) is 12.4. The Morgan fingerprint density at radius 2 is 1.80 bits per heavy atom. The molecule has 0 unspecified atom stereocenters. The van der Waals surface area contributed by atoms with Crippen LogP contribution < -0.4 is 15.2 Å². The molecular formula is C21H21N5O4. The zero-order valence-corrected chi connectivity index (χ0v) is 16.9. The number of benzene rings is 2. The Hall–Kier alpha value is -3.88. The fourth-order valence-electron chi connectivity index (χ4n) is 3.32. The number of nitrogens with zero attached hydrogens (tertiary/aromatic N) is 4. The third-order valence-corrected chi connectivity index (χ3v) is 4.76. The number of nitrogens with two attached hydrogens (primary N) is 1. The minimum Gasteiger partial charge on any atom is -0.493 e. The summed E-state index contributed by atoms with van der Waals surface area (Å²) >= 11 is 0. The molecule has 0 fully saturated rings. The number of anilines is 1. The lowest BCUT2D eigenvalue weighted by atomic mass is 9.95. The number of rotatable bonds is 5. The van der Waals surface area contributed by atoms with Crippen LogP contribution in [-0.4, -0.2) is 47.4 Å². The first-order valence-corrected chi connectivity index (χ1v) is 9.37. The van der Waals surface area contributed by atoms with E-state index in [1.54, 1.807) is 33.3 Å². The molecule has 4 rings (SSSR count). The van der Waals surface area contributed by atoms with Gasteiger partial charge in [0.25, 0.3) is 5.82 Å². The van der Waals surface area contributed by atoms with Crippen LogP contribution in [0.25, 0.3) is 0 Å². The molecule has 0 atom stereocenters. The molecule has 2 aromatic carbocycles. The molecule has 0 saturated carbocycles. The molecule has 1 aliphatic rings. The number of methoxy groups -OCH3 is 2. The van der Waals surface area contributed by atoms with E-state index in [-0.39, 0.29) is 12.4 Å². The summed E-state index contributed by atoms with van der Waals surface area (Å²) in [7, 11) is 3.16. The Bertz CT molecular complexity index is 1140. The van der Waals surface area contributed by atoms with Crippen LogP contribution in [0.15, 0.2) is 41.5 Å². The quantitative estimate of drug-likeness (QED) is 0.399. The highest BCUT2D eigenvalue weighted by Gasteiger charge is 2.27. The smallest absolute Gasteiger partial charge is 0.378 e. The summed E-state index contributed by atoms with van der Waals surface area (Å²) in [6, 6.07) is 11.1. The fourth-order valence-corrected chi connectivity index (χ4v) is 3.32. The summed E-state index contributed by atoms with van der Waals surface area (Å²) in [5.74, 6) is 1.11. The number of ether oxygens (including phenoxy) is 3. The lowest BCUT2D eigenvalue weighted by molar-refractivity contribution is 0.0506. The van der Waals surface area contributed by atoms with E-state index in [0.717, 1.165) is 16.7 Å². The van der Waals surface area contributed by atoms with Crippen LogP contribution in [0.4, 0.5) is 5.69 Å². The van der Waals surface area contributed by atoms with E-state index in [0.29, 0.717) is 35.1 Å². The average Bonchev–Trinajstić information content (AvgIpc) is 3.07. The van der Waals surface area contributed by atoms with E-state index in [1.165, 1.54) is 4.68 Å². The van der Waals surface area contributed by atoms with E-state index in [1.807, 2.05) is 24.3 Å². The number of aromatic nitrogens is 3. The van der Waals surface area contributed by atoms with Gasteiger partial charge in [-0.05, 0) is 36.8 Å². The van der Waals surface area contributed by atoms with E-state index in [9.17, 15) is 4.79 Å². The summed E-state index contributed by atoms with van der Waals surface area (Å²) in [5, 5.41) is 12.9. The number of nitrogen functional groups attached to an aromatic ring is 1. The minimum atomic E-state index is -0.585. The standard InChI is InChI=1S/C21H21N5O4/c1-4-30-21(27)20-24-23-18-10-13-9-16(28-2)17(29-3)11-15(13)19(25-26(18)20)12-5-7-14(22)8-6-12/h5-9,11H,4,10,22H2,1-3H3. The molecule has 1 aliphatic heterocycles. The Morgan fingerprint density at radius 1 is 1.10 bits per heavy atom. The number of esters is 1. The molecule has 2 N–H and O–H groups in total. The highest BCUT2D eigenvalue weighted by molar-refractivity contribution is 6.14. The second-order valence-corrected chi connectivity index (χ2v) is 6.58. The molecule has 3 aromatic rings. The van der Waals surface area contributed by atoms with Crippen molar-refractivity contribution in [1.82, 2.24) is 14.9 Å². The van der Waals surface area contributed by atoms with Crippen LogP contribution in [0.3, 0.4) is 0 Å². The van der Waals surface area contributed by atoms with Crippen LogP contribution in [-0.2, 0) is 11.2 Å². The first kappa shape index (κ1) is 19.4. The van der Waals surface area contributed by atoms with Crippen molar-refractivity contribution in [3.63, 3.8) is 0 Å². The van der Waals surface area contributed by atoms with Gasteiger partial charge in [0.05, 0.1) is 26.5 Å². The van der Waals surface area contributed by atoms with Crippen molar-refractivity contribution in [1.29, 1.82) is 0 Å². The van der Waals surface area contributed by atoms with Crippen molar-refractivity contribution in [3.05, 3.63) is 64.7 Å². The lowest BCUT2D eigenvalue weighted by Gasteiger charge is -2.14. The monoisotopic (exact) mass is 407 g/mol. The van der Waals surface area contributed by atoms with Gasteiger partial charge in [-0.3, -0.25) is 0 Å². The predicted molar refractivity (Wildman–Crippen MR) is 110 cm³/mol. The van der Waals surface area contributed by atoms with Crippen LogP contribution in [0.1, 0.15) is 40.1 Å². The normalized spacial score (nSPS) is 12.3. The van der Waals surface area contributed by atoms with Crippen molar-refractivity contribution in [2.75, 3.05) is 26.6 Å². The number of carbonyl (C=O) groups is 1. The molecule has 0 radical (unpaired) electrons. The predicted octanol–water partition coefficient (Wildman–Crippen LogP) is 2.26. The first-order chi connectivity index (χ1) is 14.5. The maximum atomic E-state index is 12.4. The van der Waals surface area contributed by atoms with Crippen LogP contribution >= 0.6 is 0 Å². The largest absolute Gasteiger partial charge is 0.493 e. The second kappa shape index (κ2) is 7.86. The summed E-state index contributed by atoms with van der Waals surface area (Å²) in [6.45, 7) is 1.96. The number of carbonyl (C=O) groups excluding carboxylic acids is 1. The lowest BCUT2D eigenvalue weighted by Crippen LogP contribution is -2.14. The summed E-state index contributed by atoms with van der Waals surface area (Å²) < 4.78 is 17.5. The van der Waals surface area contributed by atoms with Crippen molar-refractivity contribution in [3.8, 4) is 11.5 Å². The maximum absolute atomic E-state index is 12.4. The van der Waals surface area contributed by atoms with Gasteiger partial charge >= 0.3 is 5.97 Å². The van der Waals surface area contributed by atoms with Gasteiger partial charge in [-0.1, -0.05) is 12.1 Å². The molecule has 0 amide bonds. The van der Waals surface area contributed by atoms with Gasteiger partial charge in [0.2, 0.25) is 0 Å². The fraction of sp³-hybridized carbons (Fsp3) is 0.238. The van der Waals surface area contributed by atoms with E-state index in [2.05, 4.69) is 10.2 Å². The van der Waals surface area contributed by atoms with Crippen molar-refractivity contribution in [2.45, 2.75) is 13.3 Å². The molecule has 0 spiro atoms. The first-order valence-electron chi connectivity index (χ1n) is 9.37. The molecular weight excluding hydrogens is 386 g/mol. The van der Waals surface area contributed by atoms with Crippen molar-refractivity contribution in [2.24, 2.45) is 5.10 Å². The molecule has 9 nitrogen and oxygen atoms in total. The molecule has 1 aromatic heterocycles. The van der Waals surface area contributed by atoms with Gasteiger partial charge in [0.1, 0.15) is 0 Å². The average molecular weight is 407 g/mol. The zero-order valence-electron chi connectivity index (χ0n) is 16.9. The topological polar surface area (TPSA) is 114 Å². The Labute approximate surface area is 173 Å². The van der Waals surface area contributed by atoms with E-state index < -0.39 is 5.97 Å². The second-order valence-electron chi connectivity index (χ2n) is 6.58. The zero-order chi connectivity index (χ0) is 21.3. The van der Waals surface area contributed by atoms with Crippen LogP contribution in [0, 0.1) is 0 Å². The third kappa shape index (κ3) is 3.34. The van der Waals surface area contributed by atoms with Gasteiger partial charge in [-0.25, -0.2) is 4.79 Å². The Kier molecular flexibility index (Phi) is 5.09. The molecule has 9 heteroatoms. The minimum absolute atomic E-state index is 0.0199. The van der Waals surface area contributed by atoms with Gasteiger partial charge in [0.15, 0.2) is 17.3 Å². The summed E-state index contributed by atoms with van der Waals surface area (Å²) in [6.07, 6.45) is 0.393. The molecule has 2 heterocycles. The molecule has 0 aliphatic carbocycles. The van der Waals surface area contributed by atoms with Crippen molar-refractivity contribution < 1.29 is 19.0 Å². The molecule has 0 bridgehead atoms. The summed E-state index contributed by atoms with van der Waals surface area (Å²) in [5.41, 5.74) is 9.67. The van der Waals surface area contributed by atoms with E-state index in [4.69, 9.17) is 25.0 Å². The Morgan fingerprint density at radius 3 is 2.47 bits per heavy atom. The Balaban J connectivity index is 1.97. The number of hydrogen-bond acceptors (Lipinski definition) is 8. The molecule has 0 saturated heterocycles. The SMILES string of the molecule is CCOC(=O)c1nnc2n1N=C(c1ccc(N)cc1)c1cc(OC)c(OC)cc1C2. The highest BCUT2D eigenvalue weighted by atomic mass is 16.5. The van der Waals surface area contributed by atoms with Crippen LogP contribution in [0.5, 0.6) is 11.5 Å². The number of fused-ring (bicyclic) bond motifs is 2. The van der Waals surface area contributed by atoms with Crippen LogP contribution in [0.2, 0.25) is 0 Å². The number of hydrogen-bond donors (Lipinski definition) is 1. The molecule has 154 valence electrons.